The van der Waals surface area contributed by atoms with Crippen molar-refractivity contribution in [1.82, 2.24) is 19.6 Å². The molecule has 0 radical (unpaired) electrons. The van der Waals surface area contributed by atoms with Gasteiger partial charge in [-0.1, -0.05) is 53.6 Å². The molecule has 2 aromatic carbocycles. The van der Waals surface area contributed by atoms with Crippen LogP contribution in [0, 0.1) is 6.92 Å². The van der Waals surface area contributed by atoms with Gasteiger partial charge in [-0.15, -0.1) is 0 Å². The predicted octanol–water partition coefficient (Wildman–Crippen LogP) is 4.38. The van der Waals surface area contributed by atoms with E-state index in [4.69, 9.17) is 16.3 Å². The SMILES string of the molecule is Cc1cccc(Cn2ccc(NC(=O)c3ccn(COc4ccccc4Cl)n3)n2)c1. The highest BCUT2D eigenvalue weighted by Crippen LogP contribution is 2.23. The Bertz CT molecular complexity index is 1170. The van der Waals surface area contributed by atoms with Crippen molar-refractivity contribution in [2.24, 2.45) is 0 Å². The summed E-state index contributed by atoms with van der Waals surface area (Å²) in [6, 6.07) is 18.8. The van der Waals surface area contributed by atoms with Crippen molar-refractivity contribution < 1.29 is 9.53 Å². The van der Waals surface area contributed by atoms with E-state index in [0.29, 0.717) is 23.1 Å². The molecule has 4 aromatic rings. The lowest BCUT2D eigenvalue weighted by atomic mass is 10.1. The Morgan fingerprint density at radius 2 is 1.87 bits per heavy atom. The molecular weight excluding hydrogens is 402 g/mol. The van der Waals surface area contributed by atoms with Gasteiger partial charge in [0.25, 0.3) is 5.91 Å². The van der Waals surface area contributed by atoms with E-state index in [1.54, 1.807) is 35.1 Å². The van der Waals surface area contributed by atoms with Crippen LogP contribution in [0.4, 0.5) is 5.82 Å². The molecule has 1 N–H and O–H groups in total. The molecule has 2 heterocycles. The molecule has 0 bridgehead atoms. The summed E-state index contributed by atoms with van der Waals surface area (Å²) >= 11 is 6.07. The van der Waals surface area contributed by atoms with Crippen LogP contribution < -0.4 is 10.1 Å². The first-order chi connectivity index (χ1) is 14.6. The van der Waals surface area contributed by atoms with Gasteiger partial charge in [0, 0.05) is 18.5 Å². The molecule has 4 rings (SSSR count). The highest BCUT2D eigenvalue weighted by molar-refractivity contribution is 6.32. The van der Waals surface area contributed by atoms with E-state index in [-0.39, 0.29) is 18.3 Å². The minimum atomic E-state index is -0.340. The van der Waals surface area contributed by atoms with Gasteiger partial charge in [0.1, 0.15) is 5.75 Å². The number of carbonyl (C=O) groups is 1. The number of amides is 1. The second-order valence-electron chi connectivity index (χ2n) is 6.79. The molecule has 8 heteroatoms. The molecule has 0 atom stereocenters. The van der Waals surface area contributed by atoms with Gasteiger partial charge in [0.2, 0.25) is 0 Å². The molecular formula is C22H20ClN5O2. The van der Waals surface area contributed by atoms with Crippen LogP contribution in [0.5, 0.6) is 5.75 Å². The van der Waals surface area contributed by atoms with E-state index in [2.05, 4.69) is 34.6 Å². The van der Waals surface area contributed by atoms with E-state index in [1.165, 1.54) is 10.2 Å². The minimum absolute atomic E-state index is 0.141. The molecule has 0 unspecified atom stereocenters. The number of hydrogen-bond donors (Lipinski definition) is 1. The Morgan fingerprint density at radius 3 is 2.70 bits per heavy atom. The molecule has 0 saturated heterocycles. The summed E-state index contributed by atoms with van der Waals surface area (Å²) < 4.78 is 8.92. The van der Waals surface area contributed by atoms with Crippen LogP contribution >= 0.6 is 11.6 Å². The average Bonchev–Trinajstić information content (AvgIpc) is 3.37. The van der Waals surface area contributed by atoms with Crippen molar-refractivity contribution in [3.8, 4) is 5.75 Å². The maximum absolute atomic E-state index is 12.5. The van der Waals surface area contributed by atoms with Gasteiger partial charge in [-0.25, -0.2) is 4.68 Å². The minimum Gasteiger partial charge on any atom is -0.470 e. The Hall–Kier alpha value is -3.58. The Kier molecular flexibility index (Phi) is 5.81. The van der Waals surface area contributed by atoms with Gasteiger partial charge in [0.05, 0.1) is 11.6 Å². The molecule has 0 aliphatic carbocycles. The number of nitrogens with zero attached hydrogens (tertiary/aromatic N) is 4. The number of ether oxygens (including phenoxy) is 1. The standard InChI is InChI=1S/C22H20ClN5O2/c1-16-5-4-6-17(13-16)14-27-12-10-21(26-27)24-22(29)19-9-11-28(25-19)15-30-20-8-3-2-7-18(20)23/h2-13H,14-15H2,1H3,(H,24,26,29). The Balaban J connectivity index is 1.34. The number of para-hydroxylation sites is 1. The number of benzene rings is 2. The lowest BCUT2D eigenvalue weighted by Gasteiger charge is -2.07. The molecule has 30 heavy (non-hydrogen) atoms. The summed E-state index contributed by atoms with van der Waals surface area (Å²) in [5, 5.41) is 11.9. The highest BCUT2D eigenvalue weighted by Gasteiger charge is 2.12. The number of rotatable bonds is 7. The van der Waals surface area contributed by atoms with Crippen molar-refractivity contribution in [2.45, 2.75) is 20.2 Å². The van der Waals surface area contributed by atoms with Gasteiger partial charge in [-0.3, -0.25) is 9.48 Å². The third-order valence-electron chi connectivity index (χ3n) is 4.37. The van der Waals surface area contributed by atoms with Crippen LogP contribution in [0.2, 0.25) is 5.02 Å². The normalized spacial score (nSPS) is 10.7. The number of anilines is 1. The Labute approximate surface area is 178 Å². The molecule has 0 fully saturated rings. The van der Waals surface area contributed by atoms with Crippen molar-refractivity contribution in [3.63, 3.8) is 0 Å². The fourth-order valence-electron chi connectivity index (χ4n) is 2.95. The van der Waals surface area contributed by atoms with Crippen LogP contribution in [0.25, 0.3) is 0 Å². The molecule has 152 valence electrons. The molecule has 7 nitrogen and oxygen atoms in total. The zero-order valence-corrected chi connectivity index (χ0v) is 17.1. The summed E-state index contributed by atoms with van der Waals surface area (Å²) in [4.78, 5) is 12.5. The summed E-state index contributed by atoms with van der Waals surface area (Å²) in [6.45, 7) is 2.82. The van der Waals surface area contributed by atoms with Crippen LogP contribution in [0.3, 0.4) is 0 Å². The first-order valence-corrected chi connectivity index (χ1v) is 9.76. The quantitative estimate of drug-likeness (QED) is 0.480. The second kappa shape index (κ2) is 8.84. The van der Waals surface area contributed by atoms with Gasteiger partial charge in [-0.2, -0.15) is 10.2 Å². The molecule has 0 saturated carbocycles. The molecule has 1 amide bonds. The van der Waals surface area contributed by atoms with Crippen LogP contribution in [0.15, 0.2) is 73.1 Å². The smallest absolute Gasteiger partial charge is 0.277 e. The van der Waals surface area contributed by atoms with Crippen LogP contribution in [-0.2, 0) is 13.3 Å². The van der Waals surface area contributed by atoms with E-state index < -0.39 is 0 Å². The first kappa shape index (κ1) is 19.7. The number of aryl methyl sites for hydroxylation is 1. The maximum atomic E-state index is 12.5. The zero-order chi connectivity index (χ0) is 20.9. The monoisotopic (exact) mass is 421 g/mol. The average molecular weight is 422 g/mol. The third kappa shape index (κ3) is 4.87. The summed E-state index contributed by atoms with van der Waals surface area (Å²) in [5.74, 6) is 0.682. The fraction of sp³-hybridized carbons (Fsp3) is 0.136. The van der Waals surface area contributed by atoms with Gasteiger partial charge >= 0.3 is 0 Å². The first-order valence-electron chi connectivity index (χ1n) is 9.38. The van der Waals surface area contributed by atoms with Crippen molar-refractivity contribution in [3.05, 3.63) is 94.9 Å². The molecule has 0 aliphatic rings. The number of hydrogen-bond acceptors (Lipinski definition) is 4. The number of nitrogens with one attached hydrogen (secondary N) is 1. The number of aromatic nitrogens is 4. The van der Waals surface area contributed by atoms with Crippen LogP contribution in [0.1, 0.15) is 21.6 Å². The third-order valence-corrected chi connectivity index (χ3v) is 4.68. The summed E-state index contributed by atoms with van der Waals surface area (Å²) in [5.41, 5.74) is 2.61. The lowest BCUT2D eigenvalue weighted by Crippen LogP contribution is -2.15. The van der Waals surface area contributed by atoms with Gasteiger partial charge in [0.15, 0.2) is 18.2 Å². The van der Waals surface area contributed by atoms with Crippen molar-refractivity contribution >= 4 is 23.3 Å². The molecule has 0 spiro atoms. The zero-order valence-electron chi connectivity index (χ0n) is 16.3. The van der Waals surface area contributed by atoms with E-state index >= 15 is 0 Å². The van der Waals surface area contributed by atoms with E-state index in [0.717, 1.165) is 5.56 Å². The van der Waals surface area contributed by atoms with Gasteiger partial charge < -0.3 is 10.1 Å². The van der Waals surface area contributed by atoms with Crippen LogP contribution in [-0.4, -0.2) is 25.5 Å². The van der Waals surface area contributed by atoms with E-state index in [9.17, 15) is 4.79 Å². The number of halogens is 1. The van der Waals surface area contributed by atoms with Crippen molar-refractivity contribution in [2.75, 3.05) is 5.32 Å². The topological polar surface area (TPSA) is 74.0 Å². The summed E-state index contributed by atoms with van der Waals surface area (Å²) in [7, 11) is 0. The molecule has 2 aromatic heterocycles. The maximum Gasteiger partial charge on any atom is 0.277 e. The van der Waals surface area contributed by atoms with Gasteiger partial charge in [-0.05, 0) is 30.7 Å². The Morgan fingerprint density at radius 1 is 1.03 bits per heavy atom. The fourth-order valence-corrected chi connectivity index (χ4v) is 3.14. The highest BCUT2D eigenvalue weighted by atomic mass is 35.5. The summed E-state index contributed by atoms with van der Waals surface area (Å²) in [6.07, 6.45) is 3.50. The lowest BCUT2D eigenvalue weighted by molar-refractivity contribution is 0.101. The van der Waals surface area contributed by atoms with E-state index in [1.807, 2.05) is 30.5 Å². The molecule has 0 aliphatic heterocycles. The number of carbonyl (C=O) groups excluding carboxylic acids is 1. The predicted molar refractivity (Wildman–Crippen MR) is 115 cm³/mol. The second-order valence-corrected chi connectivity index (χ2v) is 7.19. The van der Waals surface area contributed by atoms with Crippen molar-refractivity contribution in [1.29, 1.82) is 0 Å². The largest absolute Gasteiger partial charge is 0.470 e.